The van der Waals surface area contributed by atoms with Crippen LogP contribution in [0.15, 0.2) is 36.4 Å². The standard InChI is InChI=1S/C21H23N3O2/c1-25-19-9-7-15(12-20(19)26-2)21-16(5-3-4-10-22)17-11-14(13-23)6-8-18(17)24-21/h6-9,11-12,24H,3-5,10,22H2,1-2H3. The van der Waals surface area contributed by atoms with E-state index in [2.05, 4.69) is 11.1 Å². The number of hydrogen-bond donors (Lipinski definition) is 2. The van der Waals surface area contributed by atoms with Crippen LogP contribution in [0.25, 0.3) is 22.2 Å². The monoisotopic (exact) mass is 349 g/mol. The second-order valence-electron chi connectivity index (χ2n) is 6.17. The molecule has 1 heterocycles. The van der Waals surface area contributed by atoms with Crippen LogP contribution in [0.4, 0.5) is 0 Å². The molecule has 0 atom stereocenters. The first-order valence-electron chi connectivity index (χ1n) is 8.69. The van der Waals surface area contributed by atoms with Gasteiger partial charge in [-0.1, -0.05) is 0 Å². The van der Waals surface area contributed by atoms with E-state index in [0.717, 1.165) is 41.4 Å². The molecule has 0 unspecified atom stereocenters. The van der Waals surface area contributed by atoms with Crippen molar-refractivity contribution in [1.82, 2.24) is 4.98 Å². The molecule has 0 spiro atoms. The Morgan fingerprint density at radius 2 is 1.85 bits per heavy atom. The molecule has 0 radical (unpaired) electrons. The maximum absolute atomic E-state index is 9.24. The molecule has 3 aromatic rings. The average molecular weight is 349 g/mol. The van der Waals surface area contributed by atoms with Gasteiger partial charge in [-0.05, 0) is 67.8 Å². The van der Waals surface area contributed by atoms with Gasteiger partial charge in [-0.3, -0.25) is 0 Å². The fourth-order valence-electron chi connectivity index (χ4n) is 3.26. The third-order valence-corrected chi connectivity index (χ3v) is 4.59. The van der Waals surface area contributed by atoms with E-state index in [1.54, 1.807) is 14.2 Å². The van der Waals surface area contributed by atoms with Crippen molar-refractivity contribution >= 4 is 10.9 Å². The molecule has 2 aromatic carbocycles. The van der Waals surface area contributed by atoms with E-state index in [4.69, 9.17) is 15.2 Å². The van der Waals surface area contributed by atoms with Gasteiger partial charge in [0.25, 0.3) is 0 Å². The summed E-state index contributed by atoms with van der Waals surface area (Å²) in [5, 5.41) is 10.3. The maximum Gasteiger partial charge on any atom is 0.161 e. The van der Waals surface area contributed by atoms with Crippen molar-refractivity contribution in [2.24, 2.45) is 5.73 Å². The number of nitriles is 1. The predicted octanol–water partition coefficient (Wildman–Crippen LogP) is 4.01. The number of nitrogens with one attached hydrogen (secondary N) is 1. The number of hydrogen-bond acceptors (Lipinski definition) is 4. The quantitative estimate of drug-likeness (QED) is 0.631. The van der Waals surface area contributed by atoms with Crippen molar-refractivity contribution in [3.8, 4) is 28.8 Å². The Balaban J connectivity index is 2.15. The normalized spacial score (nSPS) is 10.7. The summed E-state index contributed by atoms with van der Waals surface area (Å²) in [6.45, 7) is 0.678. The van der Waals surface area contributed by atoms with Crippen molar-refractivity contribution in [2.45, 2.75) is 19.3 Å². The Bertz CT molecular complexity index is 954. The van der Waals surface area contributed by atoms with Crippen LogP contribution in [0.3, 0.4) is 0 Å². The molecule has 134 valence electrons. The number of H-pyrrole nitrogens is 1. The molecule has 0 fully saturated rings. The summed E-state index contributed by atoms with van der Waals surface area (Å²) in [5.41, 5.74) is 10.6. The number of unbranched alkanes of at least 4 members (excludes halogenated alkanes) is 1. The van der Waals surface area contributed by atoms with Gasteiger partial charge in [-0.2, -0.15) is 5.26 Å². The van der Waals surface area contributed by atoms with Crippen molar-refractivity contribution < 1.29 is 9.47 Å². The number of nitrogens with two attached hydrogens (primary N) is 1. The largest absolute Gasteiger partial charge is 0.493 e. The van der Waals surface area contributed by atoms with E-state index >= 15 is 0 Å². The molecule has 5 nitrogen and oxygen atoms in total. The van der Waals surface area contributed by atoms with Crippen molar-refractivity contribution in [3.05, 3.63) is 47.5 Å². The molecule has 3 rings (SSSR count). The number of nitrogens with zero attached hydrogens (tertiary/aromatic N) is 1. The molecule has 3 N–H and O–H groups in total. The van der Waals surface area contributed by atoms with Crippen molar-refractivity contribution in [3.63, 3.8) is 0 Å². The molecule has 0 bridgehead atoms. The first kappa shape index (κ1) is 17.8. The third-order valence-electron chi connectivity index (χ3n) is 4.59. The first-order chi connectivity index (χ1) is 12.7. The Kier molecular flexibility index (Phi) is 5.45. The average Bonchev–Trinajstić information content (AvgIpc) is 3.05. The van der Waals surface area contributed by atoms with Gasteiger partial charge in [0.1, 0.15) is 0 Å². The predicted molar refractivity (Wildman–Crippen MR) is 104 cm³/mol. The second kappa shape index (κ2) is 7.94. The van der Waals surface area contributed by atoms with Crippen LogP contribution in [0.5, 0.6) is 11.5 Å². The lowest BCUT2D eigenvalue weighted by atomic mass is 9.99. The van der Waals surface area contributed by atoms with Crippen LogP contribution >= 0.6 is 0 Å². The highest BCUT2D eigenvalue weighted by molar-refractivity contribution is 5.92. The van der Waals surface area contributed by atoms with Crippen LogP contribution in [0.1, 0.15) is 24.0 Å². The summed E-state index contributed by atoms with van der Waals surface area (Å²) in [7, 11) is 3.26. The molecule has 0 aliphatic rings. The number of aromatic nitrogens is 1. The lowest BCUT2D eigenvalue weighted by molar-refractivity contribution is 0.355. The third kappa shape index (κ3) is 3.37. The molecule has 0 saturated heterocycles. The van der Waals surface area contributed by atoms with Gasteiger partial charge in [0, 0.05) is 22.2 Å². The van der Waals surface area contributed by atoms with Gasteiger partial charge in [0.15, 0.2) is 11.5 Å². The van der Waals surface area contributed by atoms with Gasteiger partial charge in [0.05, 0.1) is 25.9 Å². The highest BCUT2D eigenvalue weighted by Crippen LogP contribution is 2.36. The van der Waals surface area contributed by atoms with Crippen LogP contribution in [-0.4, -0.2) is 25.7 Å². The summed E-state index contributed by atoms with van der Waals surface area (Å²) in [4.78, 5) is 3.51. The molecule has 0 amide bonds. The van der Waals surface area contributed by atoms with Crippen molar-refractivity contribution in [1.29, 1.82) is 5.26 Å². The Hall–Kier alpha value is -2.97. The number of methoxy groups -OCH3 is 2. The molecule has 0 aliphatic carbocycles. The van der Waals surface area contributed by atoms with Crippen LogP contribution < -0.4 is 15.2 Å². The molecule has 26 heavy (non-hydrogen) atoms. The van der Waals surface area contributed by atoms with E-state index < -0.39 is 0 Å². The van der Waals surface area contributed by atoms with Gasteiger partial charge < -0.3 is 20.2 Å². The molecule has 0 aliphatic heterocycles. The maximum atomic E-state index is 9.24. The molecule has 5 heteroatoms. The van der Waals surface area contributed by atoms with Gasteiger partial charge in [0.2, 0.25) is 0 Å². The van der Waals surface area contributed by atoms with E-state index in [-0.39, 0.29) is 0 Å². The number of benzene rings is 2. The highest BCUT2D eigenvalue weighted by atomic mass is 16.5. The zero-order valence-electron chi connectivity index (χ0n) is 15.1. The van der Waals surface area contributed by atoms with Gasteiger partial charge in [-0.15, -0.1) is 0 Å². The van der Waals surface area contributed by atoms with Gasteiger partial charge in [-0.25, -0.2) is 0 Å². The first-order valence-corrected chi connectivity index (χ1v) is 8.69. The lowest BCUT2D eigenvalue weighted by Gasteiger charge is -2.10. The van der Waals surface area contributed by atoms with Crippen LogP contribution in [0, 0.1) is 11.3 Å². The second-order valence-corrected chi connectivity index (χ2v) is 6.17. The number of rotatable bonds is 7. The van der Waals surface area contributed by atoms with E-state index in [1.165, 1.54) is 5.56 Å². The lowest BCUT2D eigenvalue weighted by Crippen LogP contribution is -1.99. The minimum absolute atomic E-state index is 0.662. The Labute approximate surface area is 153 Å². The number of aromatic amines is 1. The van der Waals surface area contributed by atoms with Crippen LogP contribution in [-0.2, 0) is 6.42 Å². The molecule has 0 saturated carbocycles. The topological polar surface area (TPSA) is 84.1 Å². The molecule has 1 aromatic heterocycles. The Morgan fingerprint density at radius 3 is 2.54 bits per heavy atom. The minimum atomic E-state index is 0.662. The zero-order chi connectivity index (χ0) is 18.5. The van der Waals surface area contributed by atoms with Crippen LogP contribution in [0.2, 0.25) is 0 Å². The smallest absolute Gasteiger partial charge is 0.161 e. The number of fused-ring (bicyclic) bond motifs is 1. The van der Waals surface area contributed by atoms with E-state index in [1.807, 2.05) is 36.4 Å². The fourth-order valence-corrected chi connectivity index (χ4v) is 3.26. The summed E-state index contributed by atoms with van der Waals surface area (Å²) in [6, 6.07) is 13.9. The van der Waals surface area contributed by atoms with Gasteiger partial charge >= 0.3 is 0 Å². The summed E-state index contributed by atoms with van der Waals surface area (Å²) >= 11 is 0. The fraction of sp³-hybridized carbons (Fsp3) is 0.286. The molecular formula is C21H23N3O2. The summed E-state index contributed by atoms with van der Waals surface area (Å²) in [5.74, 6) is 1.39. The SMILES string of the molecule is COc1ccc(-c2[nH]c3ccc(C#N)cc3c2CCCCN)cc1OC. The zero-order valence-corrected chi connectivity index (χ0v) is 15.1. The highest BCUT2D eigenvalue weighted by Gasteiger charge is 2.15. The number of aryl methyl sites for hydroxylation is 1. The Morgan fingerprint density at radius 1 is 1.04 bits per heavy atom. The minimum Gasteiger partial charge on any atom is -0.493 e. The summed E-state index contributed by atoms with van der Waals surface area (Å²) in [6.07, 6.45) is 2.87. The van der Waals surface area contributed by atoms with E-state index in [0.29, 0.717) is 23.6 Å². The van der Waals surface area contributed by atoms with E-state index in [9.17, 15) is 5.26 Å². The molecular weight excluding hydrogens is 326 g/mol. The van der Waals surface area contributed by atoms with Crippen molar-refractivity contribution in [2.75, 3.05) is 20.8 Å². The summed E-state index contributed by atoms with van der Waals surface area (Å²) < 4.78 is 10.8. The number of ether oxygens (including phenoxy) is 2.